The first-order chi connectivity index (χ1) is 12.0. The second-order valence-corrected chi connectivity index (χ2v) is 5.46. The van der Waals surface area contributed by atoms with Gasteiger partial charge in [0, 0.05) is 17.3 Å². The number of carboxylic acids is 1. The van der Waals surface area contributed by atoms with Crippen molar-refractivity contribution >= 4 is 18.3 Å². The molecule has 1 heterocycles. The lowest BCUT2D eigenvalue weighted by atomic mass is 9.99. The Balaban J connectivity index is 2.35. The number of benzene rings is 1. The number of ether oxygens (including phenoxy) is 1. The van der Waals surface area contributed by atoms with E-state index >= 15 is 0 Å². The van der Waals surface area contributed by atoms with E-state index in [1.807, 2.05) is 24.3 Å². The van der Waals surface area contributed by atoms with Crippen LogP contribution in [-0.2, 0) is 17.6 Å². The second-order valence-electron chi connectivity index (χ2n) is 5.46. The summed E-state index contributed by atoms with van der Waals surface area (Å²) in [6.45, 7) is 1.60. The van der Waals surface area contributed by atoms with Crippen molar-refractivity contribution in [1.82, 2.24) is 4.98 Å². The Kier molecular flexibility index (Phi) is 5.89. The first-order valence-corrected chi connectivity index (χ1v) is 7.67. The second kappa shape index (κ2) is 8.10. The maximum atomic E-state index is 11.4. The third-order valence-corrected chi connectivity index (χ3v) is 3.82. The number of rotatable bonds is 7. The molecule has 1 aromatic heterocycles. The summed E-state index contributed by atoms with van der Waals surface area (Å²) < 4.78 is 5.12. The Hall–Kier alpha value is -3.15. The molecule has 0 fully saturated rings. The molecule has 0 amide bonds. The van der Waals surface area contributed by atoms with Crippen molar-refractivity contribution in [3.8, 4) is 11.5 Å². The fraction of sp³-hybridized carbons (Fsp3) is 0.211. The molecule has 0 aliphatic rings. The van der Waals surface area contributed by atoms with E-state index in [1.54, 1.807) is 14.0 Å². The molecule has 0 spiro atoms. The van der Waals surface area contributed by atoms with Crippen molar-refractivity contribution in [1.29, 1.82) is 0 Å². The SMILES string of the molecule is COc1ccc(CCc2nc(C)c(O)c(C=O)c2/C=C/C(=O)O)cc1. The summed E-state index contributed by atoms with van der Waals surface area (Å²) in [5.74, 6) is -0.609. The van der Waals surface area contributed by atoms with Crippen LogP contribution in [0, 0.1) is 6.92 Å². The van der Waals surface area contributed by atoms with E-state index in [-0.39, 0.29) is 11.3 Å². The Labute approximate surface area is 145 Å². The van der Waals surface area contributed by atoms with Gasteiger partial charge in [0.1, 0.15) is 11.5 Å². The van der Waals surface area contributed by atoms with Gasteiger partial charge in [0.05, 0.1) is 18.4 Å². The highest BCUT2D eigenvalue weighted by Gasteiger charge is 2.15. The minimum absolute atomic E-state index is 0.0507. The fourth-order valence-corrected chi connectivity index (χ4v) is 2.50. The zero-order chi connectivity index (χ0) is 18.4. The zero-order valence-electron chi connectivity index (χ0n) is 14.0. The van der Waals surface area contributed by atoms with Crippen LogP contribution in [0.4, 0.5) is 0 Å². The van der Waals surface area contributed by atoms with Gasteiger partial charge in [-0.2, -0.15) is 0 Å². The molecule has 6 heteroatoms. The molecule has 0 bridgehead atoms. The number of hydrogen-bond donors (Lipinski definition) is 2. The number of aldehydes is 1. The Morgan fingerprint density at radius 1 is 1.20 bits per heavy atom. The van der Waals surface area contributed by atoms with Gasteiger partial charge in [0.15, 0.2) is 6.29 Å². The van der Waals surface area contributed by atoms with Gasteiger partial charge in [-0.05, 0) is 43.5 Å². The molecule has 6 nitrogen and oxygen atoms in total. The van der Waals surface area contributed by atoms with Crippen LogP contribution in [-0.4, -0.2) is 34.6 Å². The van der Waals surface area contributed by atoms with E-state index in [0.717, 1.165) is 17.4 Å². The standard InChI is InChI=1S/C19H19NO5/c1-12-19(24)16(11-21)15(8-10-18(22)23)17(20-12)9-5-13-3-6-14(25-2)7-4-13/h3-4,6-8,10-11,24H,5,9H2,1-2H3,(H,22,23)/b10-8+. The summed E-state index contributed by atoms with van der Waals surface area (Å²) in [5, 5.41) is 18.9. The maximum Gasteiger partial charge on any atom is 0.328 e. The maximum absolute atomic E-state index is 11.4. The minimum atomic E-state index is -1.14. The van der Waals surface area contributed by atoms with E-state index in [0.29, 0.717) is 36.1 Å². The molecule has 2 aromatic rings. The lowest BCUT2D eigenvalue weighted by Crippen LogP contribution is -2.04. The van der Waals surface area contributed by atoms with Gasteiger partial charge in [-0.15, -0.1) is 0 Å². The molecular formula is C19H19NO5. The molecule has 0 atom stereocenters. The Bertz CT molecular complexity index is 810. The van der Waals surface area contributed by atoms with Crippen LogP contribution in [0.1, 0.15) is 32.9 Å². The van der Waals surface area contributed by atoms with Crippen molar-refractivity contribution in [2.75, 3.05) is 7.11 Å². The van der Waals surface area contributed by atoms with E-state index < -0.39 is 5.97 Å². The van der Waals surface area contributed by atoms with Crippen LogP contribution in [0.15, 0.2) is 30.3 Å². The van der Waals surface area contributed by atoms with Gasteiger partial charge in [-0.1, -0.05) is 12.1 Å². The van der Waals surface area contributed by atoms with E-state index in [9.17, 15) is 14.7 Å². The first kappa shape index (κ1) is 18.2. The van der Waals surface area contributed by atoms with Crippen LogP contribution in [0.5, 0.6) is 11.5 Å². The van der Waals surface area contributed by atoms with Crippen LogP contribution >= 0.6 is 0 Å². The van der Waals surface area contributed by atoms with Gasteiger partial charge in [0.25, 0.3) is 0 Å². The monoisotopic (exact) mass is 341 g/mol. The molecule has 0 aliphatic carbocycles. The van der Waals surface area contributed by atoms with Gasteiger partial charge in [-0.3, -0.25) is 9.78 Å². The molecule has 130 valence electrons. The molecular weight excluding hydrogens is 322 g/mol. The molecule has 25 heavy (non-hydrogen) atoms. The molecule has 0 aliphatic heterocycles. The normalized spacial score (nSPS) is 10.8. The first-order valence-electron chi connectivity index (χ1n) is 7.67. The van der Waals surface area contributed by atoms with Gasteiger partial charge in [0.2, 0.25) is 0 Å². The third-order valence-electron chi connectivity index (χ3n) is 3.82. The van der Waals surface area contributed by atoms with Gasteiger partial charge >= 0.3 is 5.97 Å². The lowest BCUT2D eigenvalue weighted by molar-refractivity contribution is -0.131. The predicted molar refractivity (Wildman–Crippen MR) is 93.1 cm³/mol. The Morgan fingerprint density at radius 2 is 1.88 bits per heavy atom. The molecule has 1 aromatic carbocycles. The smallest absolute Gasteiger partial charge is 0.328 e. The molecule has 2 rings (SSSR count). The summed E-state index contributed by atoms with van der Waals surface area (Å²) >= 11 is 0. The quantitative estimate of drug-likeness (QED) is 0.594. The average Bonchev–Trinajstić information content (AvgIpc) is 2.61. The van der Waals surface area contributed by atoms with Crippen molar-refractivity contribution in [3.05, 3.63) is 58.4 Å². The van der Waals surface area contributed by atoms with Gasteiger partial charge in [-0.25, -0.2) is 4.79 Å². The number of carbonyl (C=O) groups is 2. The van der Waals surface area contributed by atoms with Crippen molar-refractivity contribution in [3.63, 3.8) is 0 Å². The number of carbonyl (C=O) groups excluding carboxylic acids is 1. The number of aromatic hydroxyl groups is 1. The highest BCUT2D eigenvalue weighted by atomic mass is 16.5. The summed E-state index contributed by atoms with van der Waals surface area (Å²) in [6, 6.07) is 7.57. The summed E-state index contributed by atoms with van der Waals surface area (Å²) in [7, 11) is 1.60. The Morgan fingerprint density at radius 3 is 2.44 bits per heavy atom. The number of nitrogens with zero attached hydrogens (tertiary/aromatic N) is 1. The van der Waals surface area contributed by atoms with Crippen molar-refractivity contribution in [2.24, 2.45) is 0 Å². The lowest BCUT2D eigenvalue weighted by Gasteiger charge is -2.12. The van der Waals surface area contributed by atoms with Gasteiger partial charge < -0.3 is 14.9 Å². The highest BCUT2D eigenvalue weighted by Crippen LogP contribution is 2.27. The van der Waals surface area contributed by atoms with Crippen molar-refractivity contribution < 1.29 is 24.5 Å². The average molecular weight is 341 g/mol. The molecule has 2 N–H and O–H groups in total. The van der Waals surface area contributed by atoms with E-state index in [4.69, 9.17) is 9.84 Å². The number of aryl methyl sites for hydroxylation is 3. The molecule has 0 saturated carbocycles. The van der Waals surface area contributed by atoms with Crippen LogP contribution < -0.4 is 4.74 Å². The number of pyridine rings is 1. The van der Waals surface area contributed by atoms with Crippen molar-refractivity contribution in [2.45, 2.75) is 19.8 Å². The fourth-order valence-electron chi connectivity index (χ4n) is 2.50. The summed E-state index contributed by atoms with van der Waals surface area (Å²) in [6.07, 6.45) is 3.88. The number of aliphatic carboxylic acids is 1. The van der Waals surface area contributed by atoms with E-state index in [1.165, 1.54) is 6.08 Å². The third kappa shape index (κ3) is 4.44. The predicted octanol–water partition coefficient (Wildman–Crippen LogP) is 2.80. The summed E-state index contributed by atoms with van der Waals surface area (Å²) in [5.41, 5.74) is 2.32. The molecule has 0 radical (unpaired) electrons. The minimum Gasteiger partial charge on any atom is -0.505 e. The summed E-state index contributed by atoms with van der Waals surface area (Å²) in [4.78, 5) is 26.5. The zero-order valence-corrected chi connectivity index (χ0v) is 14.0. The van der Waals surface area contributed by atoms with E-state index in [2.05, 4.69) is 4.98 Å². The largest absolute Gasteiger partial charge is 0.505 e. The number of aromatic nitrogens is 1. The van der Waals surface area contributed by atoms with Crippen LogP contribution in [0.25, 0.3) is 6.08 Å². The number of hydrogen-bond acceptors (Lipinski definition) is 5. The topological polar surface area (TPSA) is 96.7 Å². The van der Waals surface area contributed by atoms with Crippen LogP contribution in [0.2, 0.25) is 0 Å². The highest BCUT2D eigenvalue weighted by molar-refractivity contribution is 5.91. The molecule has 0 saturated heterocycles. The van der Waals surface area contributed by atoms with Crippen LogP contribution in [0.3, 0.4) is 0 Å². The number of carboxylic acid groups (broad SMARTS) is 1. The molecule has 0 unspecified atom stereocenters. The number of methoxy groups -OCH3 is 1.